The quantitative estimate of drug-likeness (QED) is 0.771. The summed E-state index contributed by atoms with van der Waals surface area (Å²) in [5.41, 5.74) is 1.12. The van der Waals surface area contributed by atoms with Crippen LogP contribution in [0.5, 0.6) is 0 Å². The molecule has 0 atom stereocenters. The molecule has 0 spiro atoms. The molecule has 1 N–H and O–H groups in total. The Kier molecular flexibility index (Phi) is 6.41. The van der Waals surface area contributed by atoms with Crippen LogP contribution >= 0.6 is 11.8 Å². The van der Waals surface area contributed by atoms with Gasteiger partial charge in [-0.3, -0.25) is 14.4 Å². The van der Waals surface area contributed by atoms with Gasteiger partial charge >= 0.3 is 0 Å². The number of hydrogen-bond acceptors (Lipinski definition) is 5. The molecule has 3 rings (SSSR count). The van der Waals surface area contributed by atoms with Crippen molar-refractivity contribution in [1.82, 2.24) is 10.2 Å². The standard InChI is InChI=1S/C20H23N3O4S/c1-3-22(4-2)20(26)14-7-8-17-16(10-14)23(19(25)13-28-17)12-18(24)21-11-15-6-5-9-27-15/h5-10H,3-4,11-13H2,1-2H3,(H,21,24). The topological polar surface area (TPSA) is 82.9 Å². The number of hydrogen-bond donors (Lipinski definition) is 1. The Morgan fingerprint density at radius 1 is 1.25 bits per heavy atom. The van der Waals surface area contributed by atoms with Gasteiger partial charge in [0, 0.05) is 23.5 Å². The van der Waals surface area contributed by atoms with Gasteiger partial charge in [0.05, 0.1) is 24.2 Å². The first kappa shape index (κ1) is 20.0. The summed E-state index contributed by atoms with van der Waals surface area (Å²) in [6.45, 7) is 5.23. The van der Waals surface area contributed by atoms with Crippen LogP contribution in [0.4, 0.5) is 5.69 Å². The molecule has 1 aromatic heterocycles. The maximum atomic E-state index is 12.7. The normalized spacial score (nSPS) is 13.2. The summed E-state index contributed by atoms with van der Waals surface area (Å²) in [6, 6.07) is 8.84. The Morgan fingerprint density at radius 3 is 2.71 bits per heavy atom. The van der Waals surface area contributed by atoms with Crippen LogP contribution in [0.15, 0.2) is 45.9 Å². The van der Waals surface area contributed by atoms with E-state index >= 15 is 0 Å². The van der Waals surface area contributed by atoms with E-state index in [2.05, 4.69) is 5.32 Å². The fourth-order valence-corrected chi connectivity index (χ4v) is 3.92. The van der Waals surface area contributed by atoms with Gasteiger partial charge < -0.3 is 19.5 Å². The summed E-state index contributed by atoms with van der Waals surface area (Å²) >= 11 is 1.42. The van der Waals surface area contributed by atoms with Crippen LogP contribution in [0.1, 0.15) is 30.0 Å². The Morgan fingerprint density at radius 2 is 2.04 bits per heavy atom. The largest absolute Gasteiger partial charge is 0.467 e. The molecule has 7 nitrogen and oxygen atoms in total. The van der Waals surface area contributed by atoms with Gasteiger partial charge in [-0.2, -0.15) is 0 Å². The molecule has 3 amide bonds. The first-order chi connectivity index (χ1) is 13.5. The zero-order chi connectivity index (χ0) is 20.1. The van der Waals surface area contributed by atoms with Crippen LogP contribution < -0.4 is 10.2 Å². The molecule has 1 aliphatic rings. The smallest absolute Gasteiger partial charge is 0.253 e. The minimum Gasteiger partial charge on any atom is -0.467 e. The van der Waals surface area contributed by atoms with Crippen molar-refractivity contribution >= 4 is 35.2 Å². The van der Waals surface area contributed by atoms with Crippen LogP contribution in [0.3, 0.4) is 0 Å². The molecule has 8 heteroatoms. The van der Waals surface area contributed by atoms with Crippen LogP contribution in [0.25, 0.3) is 0 Å². The molecule has 148 valence electrons. The van der Waals surface area contributed by atoms with Crippen molar-refractivity contribution < 1.29 is 18.8 Å². The molecule has 1 aromatic carbocycles. The fourth-order valence-electron chi connectivity index (χ4n) is 3.00. The number of benzene rings is 1. The number of nitrogens with one attached hydrogen (secondary N) is 1. The van der Waals surface area contributed by atoms with Crippen LogP contribution in [0, 0.1) is 0 Å². The summed E-state index contributed by atoms with van der Waals surface area (Å²) in [6.07, 6.45) is 1.54. The predicted molar refractivity (Wildman–Crippen MR) is 107 cm³/mol. The number of amides is 3. The summed E-state index contributed by atoms with van der Waals surface area (Å²) < 4.78 is 5.20. The van der Waals surface area contributed by atoms with Crippen molar-refractivity contribution in [3.63, 3.8) is 0 Å². The van der Waals surface area contributed by atoms with Gasteiger partial charge in [-0.1, -0.05) is 0 Å². The third-order valence-corrected chi connectivity index (χ3v) is 5.59. The Hall–Kier alpha value is -2.74. The summed E-state index contributed by atoms with van der Waals surface area (Å²) in [7, 11) is 0. The minimum atomic E-state index is -0.289. The lowest BCUT2D eigenvalue weighted by atomic mass is 10.1. The second kappa shape index (κ2) is 8.97. The highest BCUT2D eigenvalue weighted by atomic mass is 32.2. The maximum Gasteiger partial charge on any atom is 0.253 e. The van der Waals surface area contributed by atoms with Gasteiger partial charge in [0.25, 0.3) is 5.91 Å². The van der Waals surface area contributed by atoms with E-state index in [0.717, 1.165) is 4.90 Å². The zero-order valence-electron chi connectivity index (χ0n) is 15.9. The van der Waals surface area contributed by atoms with Gasteiger partial charge in [-0.15, -0.1) is 11.8 Å². The molecule has 2 heterocycles. The average Bonchev–Trinajstić information content (AvgIpc) is 3.23. The first-order valence-electron chi connectivity index (χ1n) is 9.19. The summed E-state index contributed by atoms with van der Waals surface area (Å²) in [5, 5.41) is 2.75. The molecule has 2 aromatic rings. The van der Waals surface area contributed by atoms with Crippen molar-refractivity contribution in [3.8, 4) is 0 Å². The number of furan rings is 1. The van der Waals surface area contributed by atoms with Crippen molar-refractivity contribution in [3.05, 3.63) is 47.9 Å². The lowest BCUT2D eigenvalue weighted by Gasteiger charge is -2.29. The van der Waals surface area contributed by atoms with Gasteiger partial charge in [-0.25, -0.2) is 0 Å². The molecule has 1 aliphatic heterocycles. The summed E-state index contributed by atoms with van der Waals surface area (Å²) in [5.74, 6) is 0.377. The van der Waals surface area contributed by atoms with Crippen molar-refractivity contribution in [1.29, 1.82) is 0 Å². The lowest BCUT2D eigenvalue weighted by molar-refractivity contribution is -0.123. The second-order valence-corrected chi connectivity index (χ2v) is 7.30. The monoisotopic (exact) mass is 401 g/mol. The van der Waals surface area contributed by atoms with Crippen LogP contribution in [0.2, 0.25) is 0 Å². The number of fused-ring (bicyclic) bond motifs is 1. The van der Waals surface area contributed by atoms with E-state index in [9.17, 15) is 14.4 Å². The van der Waals surface area contributed by atoms with Gasteiger partial charge in [0.2, 0.25) is 11.8 Å². The molecule has 0 bridgehead atoms. The molecule has 0 unspecified atom stereocenters. The van der Waals surface area contributed by atoms with E-state index in [4.69, 9.17) is 4.42 Å². The minimum absolute atomic E-state index is 0.0851. The number of anilines is 1. The van der Waals surface area contributed by atoms with E-state index in [1.165, 1.54) is 22.9 Å². The maximum absolute atomic E-state index is 12.7. The molecule has 0 saturated carbocycles. The highest BCUT2D eigenvalue weighted by Gasteiger charge is 2.28. The third-order valence-electron chi connectivity index (χ3n) is 4.54. The van der Waals surface area contributed by atoms with Crippen LogP contribution in [-0.4, -0.2) is 48.0 Å². The molecule has 0 radical (unpaired) electrons. The zero-order valence-corrected chi connectivity index (χ0v) is 16.8. The van der Waals surface area contributed by atoms with E-state index in [1.807, 2.05) is 19.9 Å². The van der Waals surface area contributed by atoms with Crippen molar-refractivity contribution in [2.45, 2.75) is 25.3 Å². The average molecular weight is 401 g/mol. The molecule has 0 fully saturated rings. The number of thioether (sulfide) groups is 1. The van der Waals surface area contributed by atoms with E-state index in [1.54, 1.807) is 29.2 Å². The van der Waals surface area contributed by atoms with Crippen LogP contribution in [-0.2, 0) is 16.1 Å². The van der Waals surface area contributed by atoms with Crippen molar-refractivity contribution in [2.75, 3.05) is 30.3 Å². The highest BCUT2D eigenvalue weighted by Crippen LogP contribution is 2.36. The number of carbonyl (C=O) groups excluding carboxylic acids is 3. The van der Waals surface area contributed by atoms with Gasteiger partial charge in [0.15, 0.2) is 0 Å². The first-order valence-corrected chi connectivity index (χ1v) is 10.2. The van der Waals surface area contributed by atoms with E-state index in [-0.39, 0.29) is 36.6 Å². The molecule has 0 aliphatic carbocycles. The van der Waals surface area contributed by atoms with Crippen molar-refractivity contribution in [2.24, 2.45) is 0 Å². The molecular formula is C20H23N3O4S. The van der Waals surface area contributed by atoms with E-state index < -0.39 is 0 Å². The fraction of sp³-hybridized carbons (Fsp3) is 0.350. The Bertz CT molecular complexity index is 862. The summed E-state index contributed by atoms with van der Waals surface area (Å²) in [4.78, 5) is 41.5. The molecule has 0 saturated heterocycles. The SMILES string of the molecule is CCN(CC)C(=O)c1ccc2c(c1)N(CC(=O)NCc1ccco1)C(=O)CS2. The highest BCUT2D eigenvalue weighted by molar-refractivity contribution is 8.00. The predicted octanol–water partition coefficient (Wildman–Crippen LogP) is 2.52. The number of carbonyl (C=O) groups is 3. The Balaban J connectivity index is 1.77. The van der Waals surface area contributed by atoms with Gasteiger partial charge in [0.1, 0.15) is 12.3 Å². The van der Waals surface area contributed by atoms with E-state index in [0.29, 0.717) is 30.1 Å². The van der Waals surface area contributed by atoms with Gasteiger partial charge in [-0.05, 0) is 44.2 Å². The Labute approximate surface area is 168 Å². The number of rotatable bonds is 7. The molecular weight excluding hydrogens is 378 g/mol. The third kappa shape index (κ3) is 4.39. The lowest BCUT2D eigenvalue weighted by Crippen LogP contribution is -2.43. The molecule has 28 heavy (non-hydrogen) atoms. The second-order valence-electron chi connectivity index (χ2n) is 6.28. The number of nitrogens with zero attached hydrogens (tertiary/aromatic N) is 2.